The highest BCUT2D eigenvalue weighted by Crippen LogP contribution is 2.08. The summed E-state index contributed by atoms with van der Waals surface area (Å²) in [5.41, 5.74) is 1.53. The molecule has 0 saturated carbocycles. The van der Waals surface area contributed by atoms with Crippen molar-refractivity contribution in [1.29, 1.82) is 0 Å². The van der Waals surface area contributed by atoms with Crippen molar-refractivity contribution in [3.8, 4) is 0 Å². The standard InChI is InChI=1S/C12H18N2O2/c1-4-8-14-11(6-7-13-14)9-10(3)12(15)16-5-2/h6-7,9H,4-5,8H2,1-3H3/b10-9-. The fraction of sp³-hybridized carbons (Fsp3) is 0.500. The SMILES string of the molecule is CCCn1nccc1/C=C(/C)C(=O)OCC. The maximum absolute atomic E-state index is 11.4. The average Bonchev–Trinajstić information content (AvgIpc) is 2.67. The summed E-state index contributed by atoms with van der Waals surface area (Å²) >= 11 is 0. The molecule has 0 aromatic carbocycles. The minimum atomic E-state index is -0.272. The molecule has 88 valence electrons. The van der Waals surface area contributed by atoms with E-state index in [1.165, 1.54) is 0 Å². The lowest BCUT2D eigenvalue weighted by Gasteiger charge is -2.04. The second-order valence-electron chi connectivity index (χ2n) is 3.53. The number of rotatable bonds is 5. The number of aryl methyl sites for hydroxylation is 1. The van der Waals surface area contributed by atoms with E-state index in [2.05, 4.69) is 12.0 Å². The van der Waals surface area contributed by atoms with Crippen LogP contribution in [0.4, 0.5) is 0 Å². The molecule has 0 unspecified atom stereocenters. The topological polar surface area (TPSA) is 44.1 Å². The highest BCUT2D eigenvalue weighted by molar-refractivity contribution is 5.92. The summed E-state index contributed by atoms with van der Waals surface area (Å²) in [6.07, 6.45) is 4.56. The molecule has 1 aromatic heterocycles. The summed E-state index contributed by atoms with van der Waals surface area (Å²) in [5, 5.41) is 4.18. The van der Waals surface area contributed by atoms with Crippen LogP contribution in [0.25, 0.3) is 6.08 Å². The first-order chi connectivity index (χ1) is 7.69. The first-order valence-electron chi connectivity index (χ1n) is 5.56. The molecule has 4 heteroatoms. The maximum Gasteiger partial charge on any atom is 0.333 e. The molecular formula is C12H18N2O2. The van der Waals surface area contributed by atoms with Gasteiger partial charge in [0, 0.05) is 18.3 Å². The molecule has 1 aromatic rings. The maximum atomic E-state index is 11.4. The van der Waals surface area contributed by atoms with Crippen molar-refractivity contribution in [3.05, 3.63) is 23.5 Å². The lowest BCUT2D eigenvalue weighted by molar-refractivity contribution is -0.138. The molecule has 0 aliphatic carbocycles. The van der Waals surface area contributed by atoms with E-state index in [1.54, 1.807) is 26.1 Å². The fourth-order valence-electron chi connectivity index (χ4n) is 1.39. The van der Waals surface area contributed by atoms with Gasteiger partial charge in [-0.15, -0.1) is 0 Å². The molecule has 1 heterocycles. The summed E-state index contributed by atoms with van der Waals surface area (Å²) in [4.78, 5) is 11.4. The Morgan fingerprint density at radius 2 is 2.31 bits per heavy atom. The van der Waals surface area contributed by atoms with Gasteiger partial charge in [-0.3, -0.25) is 4.68 Å². The summed E-state index contributed by atoms with van der Waals surface area (Å²) in [6.45, 7) is 6.90. The molecule has 0 aliphatic heterocycles. The minimum Gasteiger partial charge on any atom is -0.463 e. The van der Waals surface area contributed by atoms with Gasteiger partial charge < -0.3 is 4.74 Å². The Morgan fingerprint density at radius 3 is 2.94 bits per heavy atom. The van der Waals surface area contributed by atoms with E-state index >= 15 is 0 Å². The van der Waals surface area contributed by atoms with E-state index in [0.29, 0.717) is 12.2 Å². The smallest absolute Gasteiger partial charge is 0.333 e. The monoisotopic (exact) mass is 222 g/mol. The van der Waals surface area contributed by atoms with E-state index < -0.39 is 0 Å². The van der Waals surface area contributed by atoms with Gasteiger partial charge in [0.1, 0.15) is 0 Å². The van der Waals surface area contributed by atoms with Crippen molar-refractivity contribution in [2.45, 2.75) is 33.7 Å². The van der Waals surface area contributed by atoms with Crippen molar-refractivity contribution in [2.24, 2.45) is 0 Å². The normalized spacial score (nSPS) is 11.6. The van der Waals surface area contributed by atoms with Crippen LogP contribution >= 0.6 is 0 Å². The van der Waals surface area contributed by atoms with Crippen LogP contribution in [-0.2, 0) is 16.1 Å². The molecule has 16 heavy (non-hydrogen) atoms. The molecule has 0 fully saturated rings. The van der Waals surface area contributed by atoms with Gasteiger partial charge in [-0.1, -0.05) is 6.92 Å². The average molecular weight is 222 g/mol. The molecule has 0 aliphatic rings. The van der Waals surface area contributed by atoms with E-state index in [0.717, 1.165) is 18.7 Å². The molecule has 0 amide bonds. The Balaban J connectivity index is 2.80. The first kappa shape index (κ1) is 12.5. The van der Waals surface area contributed by atoms with E-state index in [-0.39, 0.29) is 5.97 Å². The lowest BCUT2D eigenvalue weighted by atomic mass is 10.2. The number of carbonyl (C=O) groups is 1. The van der Waals surface area contributed by atoms with Crippen LogP contribution in [0.3, 0.4) is 0 Å². The second-order valence-corrected chi connectivity index (χ2v) is 3.53. The molecular weight excluding hydrogens is 204 g/mol. The van der Waals surface area contributed by atoms with E-state index in [1.807, 2.05) is 10.7 Å². The summed E-state index contributed by atoms with van der Waals surface area (Å²) in [6, 6.07) is 1.89. The van der Waals surface area contributed by atoms with E-state index in [9.17, 15) is 4.79 Å². The predicted molar refractivity (Wildman–Crippen MR) is 62.8 cm³/mol. The summed E-state index contributed by atoms with van der Waals surface area (Å²) in [5.74, 6) is -0.272. The highest BCUT2D eigenvalue weighted by atomic mass is 16.5. The van der Waals surface area contributed by atoms with Gasteiger partial charge in [0.2, 0.25) is 0 Å². The molecule has 0 spiro atoms. The van der Waals surface area contributed by atoms with Crippen LogP contribution in [0.5, 0.6) is 0 Å². The van der Waals surface area contributed by atoms with Gasteiger partial charge in [-0.05, 0) is 32.4 Å². The highest BCUT2D eigenvalue weighted by Gasteiger charge is 2.06. The fourth-order valence-corrected chi connectivity index (χ4v) is 1.39. The van der Waals surface area contributed by atoms with E-state index in [4.69, 9.17) is 4.74 Å². The Morgan fingerprint density at radius 1 is 1.56 bits per heavy atom. The summed E-state index contributed by atoms with van der Waals surface area (Å²) < 4.78 is 6.79. The first-order valence-corrected chi connectivity index (χ1v) is 5.56. The van der Waals surface area contributed by atoms with Crippen LogP contribution < -0.4 is 0 Å². The second kappa shape index (κ2) is 6.10. The van der Waals surface area contributed by atoms with Gasteiger partial charge in [0.25, 0.3) is 0 Å². The van der Waals surface area contributed by atoms with Crippen molar-refractivity contribution in [1.82, 2.24) is 9.78 Å². The number of carbonyl (C=O) groups excluding carboxylic acids is 1. The van der Waals surface area contributed by atoms with Crippen molar-refractivity contribution in [3.63, 3.8) is 0 Å². The van der Waals surface area contributed by atoms with Crippen LogP contribution in [0.2, 0.25) is 0 Å². The largest absolute Gasteiger partial charge is 0.463 e. The quantitative estimate of drug-likeness (QED) is 0.567. The predicted octanol–water partition coefficient (Wildman–Crippen LogP) is 2.26. The van der Waals surface area contributed by atoms with Gasteiger partial charge >= 0.3 is 5.97 Å². The Kier molecular flexibility index (Phi) is 4.76. The number of hydrogen-bond donors (Lipinski definition) is 0. The van der Waals surface area contributed by atoms with Crippen molar-refractivity contribution < 1.29 is 9.53 Å². The Bertz CT molecular complexity index is 380. The minimum absolute atomic E-state index is 0.272. The number of nitrogens with zero attached hydrogens (tertiary/aromatic N) is 2. The Labute approximate surface area is 95.9 Å². The zero-order chi connectivity index (χ0) is 12.0. The molecule has 4 nitrogen and oxygen atoms in total. The number of ether oxygens (including phenoxy) is 1. The van der Waals surface area contributed by atoms with Crippen LogP contribution in [-0.4, -0.2) is 22.4 Å². The third-order valence-electron chi connectivity index (χ3n) is 2.15. The number of esters is 1. The van der Waals surface area contributed by atoms with Gasteiger partial charge in [-0.25, -0.2) is 4.79 Å². The lowest BCUT2D eigenvalue weighted by Crippen LogP contribution is -2.06. The van der Waals surface area contributed by atoms with Crippen LogP contribution in [0, 0.1) is 0 Å². The third kappa shape index (κ3) is 3.22. The van der Waals surface area contributed by atoms with Gasteiger partial charge in [0.15, 0.2) is 0 Å². The molecule has 0 N–H and O–H groups in total. The molecule has 0 saturated heterocycles. The number of aromatic nitrogens is 2. The van der Waals surface area contributed by atoms with Crippen LogP contribution in [0.1, 0.15) is 32.9 Å². The van der Waals surface area contributed by atoms with Crippen LogP contribution in [0.15, 0.2) is 17.8 Å². The third-order valence-corrected chi connectivity index (χ3v) is 2.15. The van der Waals surface area contributed by atoms with Crippen molar-refractivity contribution >= 4 is 12.0 Å². The Hall–Kier alpha value is -1.58. The zero-order valence-corrected chi connectivity index (χ0v) is 10.1. The van der Waals surface area contributed by atoms with Gasteiger partial charge in [0.05, 0.1) is 12.3 Å². The molecule has 1 rings (SSSR count). The van der Waals surface area contributed by atoms with Crippen molar-refractivity contribution in [2.75, 3.05) is 6.61 Å². The zero-order valence-electron chi connectivity index (χ0n) is 10.1. The van der Waals surface area contributed by atoms with Gasteiger partial charge in [-0.2, -0.15) is 5.10 Å². The molecule has 0 radical (unpaired) electrons. The number of hydrogen-bond acceptors (Lipinski definition) is 3. The molecule has 0 atom stereocenters. The summed E-state index contributed by atoms with van der Waals surface area (Å²) in [7, 11) is 0. The molecule has 0 bridgehead atoms.